The molecule has 1 aliphatic rings. The number of carbonyl (C=O) groups is 1. The molecule has 3 N–H and O–H groups in total. The van der Waals surface area contributed by atoms with Crippen LogP contribution in [0.4, 0.5) is 0 Å². The fourth-order valence-electron chi connectivity index (χ4n) is 1.63. The van der Waals surface area contributed by atoms with Gasteiger partial charge >= 0.3 is 0 Å². The van der Waals surface area contributed by atoms with Crippen molar-refractivity contribution in [3.05, 3.63) is 0 Å². The highest BCUT2D eigenvalue weighted by molar-refractivity contribution is 5.78. The van der Waals surface area contributed by atoms with Crippen molar-refractivity contribution >= 4 is 5.91 Å². The topological polar surface area (TPSA) is 58.4 Å². The molecule has 4 nitrogen and oxygen atoms in total. The van der Waals surface area contributed by atoms with E-state index in [0.29, 0.717) is 6.04 Å². The third-order valence-electron chi connectivity index (χ3n) is 2.54. The molecule has 0 unspecified atom stereocenters. The standard InChI is InChI=1S/C9H19N3O/c1-7(2)9(13)12-5-3-8(11-10)4-6-12/h7-8,11H,3-6,10H2,1-2H3. The van der Waals surface area contributed by atoms with E-state index in [9.17, 15) is 4.79 Å². The molecule has 0 atom stereocenters. The second-order valence-corrected chi connectivity index (χ2v) is 3.92. The van der Waals surface area contributed by atoms with Crippen molar-refractivity contribution in [2.45, 2.75) is 32.7 Å². The Morgan fingerprint density at radius 2 is 2.00 bits per heavy atom. The number of amides is 1. The lowest BCUT2D eigenvalue weighted by molar-refractivity contribution is -0.135. The number of piperidine rings is 1. The fourth-order valence-corrected chi connectivity index (χ4v) is 1.63. The van der Waals surface area contributed by atoms with E-state index in [4.69, 9.17) is 5.84 Å². The van der Waals surface area contributed by atoms with Crippen LogP contribution < -0.4 is 11.3 Å². The van der Waals surface area contributed by atoms with Gasteiger partial charge in [-0.2, -0.15) is 0 Å². The number of hydrogen-bond acceptors (Lipinski definition) is 3. The highest BCUT2D eigenvalue weighted by atomic mass is 16.2. The smallest absolute Gasteiger partial charge is 0.225 e. The van der Waals surface area contributed by atoms with Gasteiger partial charge in [-0.3, -0.25) is 16.1 Å². The first-order valence-corrected chi connectivity index (χ1v) is 4.90. The average molecular weight is 185 g/mol. The van der Waals surface area contributed by atoms with Crippen LogP contribution in [0.1, 0.15) is 26.7 Å². The number of nitrogens with one attached hydrogen (secondary N) is 1. The van der Waals surface area contributed by atoms with E-state index in [-0.39, 0.29) is 11.8 Å². The fraction of sp³-hybridized carbons (Fsp3) is 0.889. The molecule has 0 bridgehead atoms. The summed E-state index contributed by atoms with van der Waals surface area (Å²) in [5, 5.41) is 0. The van der Waals surface area contributed by atoms with Gasteiger partial charge in [-0.1, -0.05) is 13.8 Å². The van der Waals surface area contributed by atoms with E-state index in [1.807, 2.05) is 18.7 Å². The number of carbonyl (C=O) groups excluding carboxylic acids is 1. The summed E-state index contributed by atoms with van der Waals surface area (Å²) < 4.78 is 0. The molecule has 1 saturated heterocycles. The van der Waals surface area contributed by atoms with Gasteiger partial charge in [0.2, 0.25) is 5.91 Å². The summed E-state index contributed by atoms with van der Waals surface area (Å²) in [6.07, 6.45) is 1.93. The molecule has 0 saturated carbocycles. The van der Waals surface area contributed by atoms with Crippen LogP contribution in [0.5, 0.6) is 0 Å². The Morgan fingerprint density at radius 1 is 1.46 bits per heavy atom. The lowest BCUT2D eigenvalue weighted by atomic mass is 10.0. The molecule has 0 spiro atoms. The van der Waals surface area contributed by atoms with Crippen molar-refractivity contribution < 1.29 is 4.79 Å². The second-order valence-electron chi connectivity index (χ2n) is 3.92. The highest BCUT2D eigenvalue weighted by Crippen LogP contribution is 2.12. The number of rotatable bonds is 2. The SMILES string of the molecule is CC(C)C(=O)N1CCC(NN)CC1. The third-order valence-corrected chi connectivity index (χ3v) is 2.54. The lowest BCUT2D eigenvalue weighted by Crippen LogP contribution is -2.47. The van der Waals surface area contributed by atoms with E-state index in [2.05, 4.69) is 5.43 Å². The average Bonchev–Trinajstić information content (AvgIpc) is 2.17. The molecule has 0 aromatic rings. The minimum Gasteiger partial charge on any atom is -0.342 e. The summed E-state index contributed by atoms with van der Waals surface area (Å²) in [4.78, 5) is 13.5. The molecule has 1 amide bonds. The van der Waals surface area contributed by atoms with E-state index in [0.717, 1.165) is 25.9 Å². The zero-order valence-corrected chi connectivity index (χ0v) is 8.42. The Balaban J connectivity index is 2.36. The maximum absolute atomic E-state index is 11.6. The van der Waals surface area contributed by atoms with Crippen molar-refractivity contribution in [1.29, 1.82) is 0 Å². The summed E-state index contributed by atoms with van der Waals surface area (Å²) in [6.45, 7) is 5.56. The predicted molar refractivity (Wildman–Crippen MR) is 51.8 cm³/mol. The minimum absolute atomic E-state index is 0.113. The molecule has 13 heavy (non-hydrogen) atoms. The van der Waals surface area contributed by atoms with Gasteiger partial charge in [0.05, 0.1) is 0 Å². The number of nitrogens with two attached hydrogens (primary N) is 1. The van der Waals surface area contributed by atoms with Gasteiger partial charge in [0.1, 0.15) is 0 Å². The zero-order chi connectivity index (χ0) is 9.84. The first kappa shape index (κ1) is 10.5. The molecule has 1 rings (SSSR count). The maximum Gasteiger partial charge on any atom is 0.225 e. The summed E-state index contributed by atoms with van der Waals surface area (Å²) in [7, 11) is 0. The molecule has 0 radical (unpaired) electrons. The zero-order valence-electron chi connectivity index (χ0n) is 8.42. The Morgan fingerprint density at radius 3 is 2.38 bits per heavy atom. The Bertz CT molecular complexity index is 174. The van der Waals surface area contributed by atoms with Crippen molar-refractivity contribution in [2.75, 3.05) is 13.1 Å². The van der Waals surface area contributed by atoms with E-state index >= 15 is 0 Å². The van der Waals surface area contributed by atoms with Gasteiger partial charge in [-0.15, -0.1) is 0 Å². The molecule has 0 aliphatic carbocycles. The largest absolute Gasteiger partial charge is 0.342 e. The van der Waals surface area contributed by atoms with Crippen LogP contribution >= 0.6 is 0 Å². The molecule has 0 aromatic heterocycles. The van der Waals surface area contributed by atoms with Gasteiger partial charge in [-0.05, 0) is 12.8 Å². The van der Waals surface area contributed by atoms with E-state index < -0.39 is 0 Å². The summed E-state index contributed by atoms with van der Waals surface area (Å²) >= 11 is 0. The van der Waals surface area contributed by atoms with Crippen LogP contribution in [-0.2, 0) is 4.79 Å². The van der Waals surface area contributed by atoms with Crippen LogP contribution in [0.15, 0.2) is 0 Å². The number of hydrogen-bond donors (Lipinski definition) is 2. The van der Waals surface area contributed by atoms with Crippen LogP contribution in [0.3, 0.4) is 0 Å². The number of hydrazine groups is 1. The van der Waals surface area contributed by atoms with Crippen molar-refractivity contribution in [3.8, 4) is 0 Å². The predicted octanol–water partition coefficient (Wildman–Crippen LogP) is 0.0967. The van der Waals surface area contributed by atoms with Gasteiger partial charge < -0.3 is 4.90 Å². The summed E-state index contributed by atoms with van der Waals surface area (Å²) in [5.74, 6) is 5.70. The lowest BCUT2D eigenvalue weighted by Gasteiger charge is -2.32. The molecule has 4 heteroatoms. The molecule has 1 heterocycles. The van der Waals surface area contributed by atoms with Gasteiger partial charge in [0.25, 0.3) is 0 Å². The summed E-state index contributed by atoms with van der Waals surface area (Å²) in [5.41, 5.74) is 2.75. The van der Waals surface area contributed by atoms with E-state index in [1.54, 1.807) is 0 Å². The first-order valence-electron chi connectivity index (χ1n) is 4.90. The normalized spacial score (nSPS) is 19.5. The van der Waals surface area contributed by atoms with Crippen LogP contribution in [-0.4, -0.2) is 29.9 Å². The Labute approximate surface area is 79.4 Å². The van der Waals surface area contributed by atoms with Gasteiger partial charge in [0, 0.05) is 25.0 Å². The van der Waals surface area contributed by atoms with Gasteiger partial charge in [-0.25, -0.2) is 0 Å². The quantitative estimate of drug-likeness (QED) is 0.474. The molecule has 1 aliphatic heterocycles. The van der Waals surface area contributed by atoms with Crippen molar-refractivity contribution in [2.24, 2.45) is 11.8 Å². The number of likely N-dealkylation sites (tertiary alicyclic amines) is 1. The Kier molecular flexibility index (Phi) is 3.69. The van der Waals surface area contributed by atoms with Crippen molar-refractivity contribution in [3.63, 3.8) is 0 Å². The van der Waals surface area contributed by atoms with Crippen LogP contribution in [0.2, 0.25) is 0 Å². The maximum atomic E-state index is 11.6. The molecule has 0 aromatic carbocycles. The third kappa shape index (κ3) is 2.67. The highest BCUT2D eigenvalue weighted by Gasteiger charge is 2.23. The minimum atomic E-state index is 0.113. The molecule has 1 fully saturated rings. The number of nitrogens with zero attached hydrogens (tertiary/aromatic N) is 1. The first-order chi connectivity index (χ1) is 6.15. The molecular formula is C9H19N3O. The van der Waals surface area contributed by atoms with E-state index in [1.165, 1.54) is 0 Å². The monoisotopic (exact) mass is 185 g/mol. The van der Waals surface area contributed by atoms with Crippen LogP contribution in [0, 0.1) is 5.92 Å². The van der Waals surface area contributed by atoms with Gasteiger partial charge in [0.15, 0.2) is 0 Å². The second kappa shape index (κ2) is 4.58. The Hall–Kier alpha value is -0.610. The molecular weight excluding hydrogens is 166 g/mol. The summed E-state index contributed by atoms with van der Waals surface area (Å²) in [6, 6.07) is 0.385. The molecule has 76 valence electrons. The van der Waals surface area contributed by atoms with Crippen LogP contribution in [0.25, 0.3) is 0 Å². The van der Waals surface area contributed by atoms with Crippen molar-refractivity contribution in [1.82, 2.24) is 10.3 Å².